The van der Waals surface area contributed by atoms with Gasteiger partial charge in [0.2, 0.25) is 0 Å². The molecule has 5 atom stereocenters. The van der Waals surface area contributed by atoms with Crippen LogP contribution in [0.25, 0.3) is 0 Å². The molecule has 0 saturated carbocycles. The van der Waals surface area contributed by atoms with E-state index in [1.54, 1.807) is 0 Å². The van der Waals surface area contributed by atoms with Gasteiger partial charge in [-0.3, -0.25) is 0 Å². The van der Waals surface area contributed by atoms with Crippen LogP contribution in [0, 0.1) is 0 Å². The van der Waals surface area contributed by atoms with E-state index in [9.17, 15) is 29.7 Å². The molecule has 0 aromatic carbocycles. The van der Waals surface area contributed by atoms with Crippen molar-refractivity contribution < 1.29 is 103 Å². The summed E-state index contributed by atoms with van der Waals surface area (Å²) in [6.45, 7) is -0.743. The third kappa shape index (κ3) is 6.13. The van der Waals surface area contributed by atoms with E-state index in [0.717, 1.165) is 0 Å². The first-order valence-corrected chi connectivity index (χ1v) is 5.73. The molecule has 96 valence electrons. The van der Waals surface area contributed by atoms with Gasteiger partial charge in [0.25, 0.3) is 0 Å². The summed E-state index contributed by atoms with van der Waals surface area (Å²) in [6, 6.07) is 0. The average molecular weight is 304 g/mol. The SMILES string of the molecule is O=P([O-])([O-])O[C@H]1OC(CO)[C@H](O)[C@@H](O)C1O.[Na+].[Na+]. The normalized spacial score (nSPS) is 36.4. The Morgan fingerprint density at radius 1 is 1.11 bits per heavy atom. The summed E-state index contributed by atoms with van der Waals surface area (Å²) in [5.74, 6) is 0. The molecule has 1 aliphatic heterocycles. The number of hydrogen-bond donors (Lipinski definition) is 4. The number of hydrogen-bond acceptors (Lipinski definition) is 9. The van der Waals surface area contributed by atoms with Crippen molar-refractivity contribution in [3.63, 3.8) is 0 Å². The van der Waals surface area contributed by atoms with Crippen LogP contribution < -0.4 is 68.9 Å². The van der Waals surface area contributed by atoms with Crippen LogP contribution >= 0.6 is 7.82 Å². The van der Waals surface area contributed by atoms with Crippen molar-refractivity contribution in [1.29, 1.82) is 0 Å². The second-order valence-electron chi connectivity index (χ2n) is 3.25. The van der Waals surface area contributed by atoms with Crippen LogP contribution in [0.15, 0.2) is 0 Å². The summed E-state index contributed by atoms with van der Waals surface area (Å²) < 4.78 is 18.7. The molecule has 1 aliphatic rings. The Morgan fingerprint density at radius 3 is 2.00 bits per heavy atom. The third-order valence-corrected chi connectivity index (χ3v) is 2.55. The zero-order valence-corrected chi connectivity index (χ0v) is 14.8. The van der Waals surface area contributed by atoms with Crippen molar-refractivity contribution >= 4 is 7.82 Å². The minimum absolute atomic E-state index is 0. The van der Waals surface area contributed by atoms with E-state index in [-0.39, 0.29) is 59.1 Å². The van der Waals surface area contributed by atoms with E-state index < -0.39 is 45.1 Å². The maximum Gasteiger partial charge on any atom is 1.00 e. The molecule has 0 amide bonds. The van der Waals surface area contributed by atoms with Gasteiger partial charge in [-0.05, 0) is 0 Å². The first-order valence-electron chi connectivity index (χ1n) is 4.27. The van der Waals surface area contributed by atoms with Gasteiger partial charge >= 0.3 is 59.1 Å². The standard InChI is InChI=1S/C6H13O9P.2Na/c7-1-2-3(8)4(9)5(10)6(14-2)15-16(11,12)13;;/h2-10H,1H2,(H2,11,12,13);;/q;2*+1/p-2/t2?,3-,4+,5?,6+;;/m0../s1. The molecule has 1 fully saturated rings. The Morgan fingerprint density at radius 2 is 1.61 bits per heavy atom. The van der Waals surface area contributed by atoms with E-state index in [4.69, 9.17) is 5.11 Å². The van der Waals surface area contributed by atoms with Crippen molar-refractivity contribution in [2.75, 3.05) is 6.61 Å². The van der Waals surface area contributed by atoms with Gasteiger partial charge < -0.3 is 44.0 Å². The van der Waals surface area contributed by atoms with Gasteiger partial charge in [-0.15, -0.1) is 0 Å². The van der Waals surface area contributed by atoms with Crippen molar-refractivity contribution in [3.8, 4) is 0 Å². The van der Waals surface area contributed by atoms with Crippen molar-refractivity contribution in [2.24, 2.45) is 0 Å². The number of ether oxygens (including phenoxy) is 1. The summed E-state index contributed by atoms with van der Waals surface area (Å²) in [5.41, 5.74) is 0. The molecular formula is C6H11Na2O9P. The second-order valence-corrected chi connectivity index (χ2v) is 4.36. The fourth-order valence-electron chi connectivity index (χ4n) is 1.28. The first-order chi connectivity index (χ1) is 7.26. The van der Waals surface area contributed by atoms with Crippen LogP contribution in [0.4, 0.5) is 0 Å². The van der Waals surface area contributed by atoms with Gasteiger partial charge in [0, 0.05) is 0 Å². The minimum atomic E-state index is -5.41. The van der Waals surface area contributed by atoms with Crippen LogP contribution in [-0.2, 0) is 13.8 Å². The minimum Gasteiger partial charge on any atom is -0.790 e. The van der Waals surface area contributed by atoms with Gasteiger partial charge in [0.05, 0.1) is 14.4 Å². The van der Waals surface area contributed by atoms with Gasteiger partial charge in [-0.1, -0.05) is 0 Å². The van der Waals surface area contributed by atoms with Crippen molar-refractivity contribution in [1.82, 2.24) is 0 Å². The summed E-state index contributed by atoms with van der Waals surface area (Å²) in [6.07, 6.45) is -8.61. The molecule has 18 heavy (non-hydrogen) atoms. The number of rotatable bonds is 3. The fraction of sp³-hybridized carbons (Fsp3) is 1.00. The Labute approximate surface area is 147 Å². The average Bonchev–Trinajstić information content (AvgIpc) is 2.17. The van der Waals surface area contributed by atoms with Gasteiger partial charge in [0.15, 0.2) is 6.29 Å². The molecule has 0 aliphatic carbocycles. The predicted octanol–water partition coefficient (Wildman–Crippen LogP) is -10.4. The van der Waals surface area contributed by atoms with Gasteiger partial charge in [0.1, 0.15) is 24.4 Å². The Hall–Kier alpha value is 1.91. The summed E-state index contributed by atoms with van der Waals surface area (Å²) in [7, 11) is -5.41. The molecule has 4 N–H and O–H groups in total. The van der Waals surface area contributed by atoms with E-state index in [1.165, 1.54) is 0 Å². The molecule has 0 aromatic heterocycles. The summed E-state index contributed by atoms with van der Waals surface area (Å²) in [5, 5.41) is 36.5. The van der Waals surface area contributed by atoms with Crippen LogP contribution in [0.1, 0.15) is 0 Å². The number of aliphatic hydroxyl groups is 4. The Bertz CT molecular complexity index is 284. The molecule has 1 heterocycles. The molecule has 1 rings (SSSR count). The quantitative estimate of drug-likeness (QED) is 0.293. The maximum absolute atomic E-state index is 10.3. The zero-order valence-electron chi connectivity index (χ0n) is 9.87. The largest absolute Gasteiger partial charge is 1.00 e. The van der Waals surface area contributed by atoms with Crippen LogP contribution in [0.2, 0.25) is 0 Å². The van der Waals surface area contributed by atoms with Crippen LogP contribution in [-0.4, -0.2) is 57.7 Å². The van der Waals surface area contributed by atoms with Gasteiger partial charge in [-0.25, -0.2) is 0 Å². The molecule has 12 heteroatoms. The topological polar surface area (TPSA) is 163 Å². The third-order valence-electron chi connectivity index (χ3n) is 2.08. The predicted molar refractivity (Wildman–Crippen MR) is 42.5 cm³/mol. The molecule has 1 saturated heterocycles. The molecule has 0 spiro atoms. The second kappa shape index (κ2) is 9.04. The maximum atomic E-state index is 10.3. The van der Waals surface area contributed by atoms with Crippen molar-refractivity contribution in [2.45, 2.75) is 30.7 Å². The zero-order chi connectivity index (χ0) is 12.5. The number of aliphatic hydroxyl groups excluding tert-OH is 4. The summed E-state index contributed by atoms with van der Waals surface area (Å²) in [4.78, 5) is 20.6. The van der Waals surface area contributed by atoms with E-state index in [0.29, 0.717) is 0 Å². The van der Waals surface area contributed by atoms with Crippen molar-refractivity contribution in [3.05, 3.63) is 0 Å². The Kier molecular flexibility index (Phi) is 11.1. The number of phosphoric acid groups is 1. The molecule has 0 bridgehead atoms. The molecule has 0 aromatic rings. The Balaban J connectivity index is 0. The number of phosphoric ester groups is 1. The molecule has 9 nitrogen and oxygen atoms in total. The smallest absolute Gasteiger partial charge is 0.790 e. The van der Waals surface area contributed by atoms with E-state index in [1.807, 2.05) is 0 Å². The van der Waals surface area contributed by atoms with E-state index >= 15 is 0 Å². The molecular weight excluding hydrogens is 293 g/mol. The molecule has 0 radical (unpaired) electrons. The van der Waals surface area contributed by atoms with Crippen LogP contribution in [0.3, 0.4) is 0 Å². The first kappa shape index (κ1) is 22.2. The van der Waals surface area contributed by atoms with Crippen LogP contribution in [0.5, 0.6) is 0 Å². The van der Waals surface area contributed by atoms with Gasteiger partial charge in [-0.2, -0.15) is 0 Å². The molecule has 2 unspecified atom stereocenters. The summed E-state index contributed by atoms with van der Waals surface area (Å²) >= 11 is 0. The fourth-order valence-corrected chi connectivity index (χ4v) is 1.71. The monoisotopic (exact) mass is 304 g/mol. The van der Waals surface area contributed by atoms with E-state index in [2.05, 4.69) is 9.26 Å².